The molecule has 0 fully saturated rings. The molecular formula is C12H16N2O4. The SMILES string of the molecule is COc1ccc(O)c(C(=O)NC(C)(C)C(N)=O)c1. The first-order chi connectivity index (χ1) is 8.27. The second kappa shape index (κ2) is 4.95. The van der Waals surface area contributed by atoms with Crippen molar-refractivity contribution in [1.29, 1.82) is 0 Å². The average Bonchev–Trinajstić information content (AvgIpc) is 2.28. The maximum Gasteiger partial charge on any atom is 0.256 e. The van der Waals surface area contributed by atoms with Gasteiger partial charge in [0.05, 0.1) is 12.7 Å². The molecule has 0 saturated heterocycles. The summed E-state index contributed by atoms with van der Waals surface area (Å²) in [6, 6.07) is 4.23. The number of nitrogens with one attached hydrogen (secondary N) is 1. The van der Waals surface area contributed by atoms with Gasteiger partial charge >= 0.3 is 0 Å². The van der Waals surface area contributed by atoms with Crippen molar-refractivity contribution in [3.63, 3.8) is 0 Å². The van der Waals surface area contributed by atoms with Crippen LogP contribution in [-0.2, 0) is 4.79 Å². The summed E-state index contributed by atoms with van der Waals surface area (Å²) in [5.74, 6) is -1.04. The molecule has 1 aromatic rings. The summed E-state index contributed by atoms with van der Waals surface area (Å²) in [6.45, 7) is 2.95. The van der Waals surface area contributed by atoms with Gasteiger partial charge in [0.2, 0.25) is 5.91 Å². The van der Waals surface area contributed by atoms with Gasteiger partial charge in [-0.1, -0.05) is 0 Å². The van der Waals surface area contributed by atoms with E-state index in [1.807, 2.05) is 0 Å². The van der Waals surface area contributed by atoms with Crippen molar-refractivity contribution < 1.29 is 19.4 Å². The van der Waals surface area contributed by atoms with Gasteiger partial charge in [-0.25, -0.2) is 0 Å². The highest BCUT2D eigenvalue weighted by Gasteiger charge is 2.28. The highest BCUT2D eigenvalue weighted by Crippen LogP contribution is 2.23. The van der Waals surface area contributed by atoms with Crippen molar-refractivity contribution in [2.75, 3.05) is 7.11 Å². The topological polar surface area (TPSA) is 102 Å². The van der Waals surface area contributed by atoms with E-state index in [0.717, 1.165) is 0 Å². The van der Waals surface area contributed by atoms with Crippen LogP contribution in [0.1, 0.15) is 24.2 Å². The third-order valence-corrected chi connectivity index (χ3v) is 2.49. The molecule has 0 bridgehead atoms. The number of hydrogen-bond donors (Lipinski definition) is 3. The van der Waals surface area contributed by atoms with E-state index in [4.69, 9.17) is 10.5 Å². The van der Waals surface area contributed by atoms with Crippen molar-refractivity contribution in [2.24, 2.45) is 5.73 Å². The molecule has 0 atom stereocenters. The van der Waals surface area contributed by atoms with Crippen LogP contribution in [0, 0.1) is 0 Å². The smallest absolute Gasteiger partial charge is 0.256 e. The van der Waals surface area contributed by atoms with Gasteiger partial charge in [0.1, 0.15) is 17.0 Å². The van der Waals surface area contributed by atoms with Gasteiger partial charge in [0.15, 0.2) is 0 Å². The molecular weight excluding hydrogens is 236 g/mol. The van der Waals surface area contributed by atoms with Crippen molar-refractivity contribution >= 4 is 11.8 Å². The molecule has 0 saturated carbocycles. The number of carbonyl (C=O) groups is 2. The lowest BCUT2D eigenvalue weighted by molar-refractivity contribution is -0.122. The maximum absolute atomic E-state index is 11.9. The van der Waals surface area contributed by atoms with Gasteiger partial charge < -0.3 is 20.9 Å². The zero-order valence-electron chi connectivity index (χ0n) is 10.5. The van der Waals surface area contributed by atoms with Crippen molar-refractivity contribution in [1.82, 2.24) is 5.32 Å². The first-order valence-corrected chi connectivity index (χ1v) is 5.27. The summed E-state index contributed by atoms with van der Waals surface area (Å²) in [4.78, 5) is 23.0. The van der Waals surface area contributed by atoms with Crippen LogP contribution in [0.4, 0.5) is 0 Å². The number of phenolic OH excluding ortho intramolecular Hbond substituents is 1. The molecule has 1 aromatic carbocycles. The molecule has 18 heavy (non-hydrogen) atoms. The number of ether oxygens (including phenoxy) is 1. The van der Waals surface area contributed by atoms with Crippen LogP contribution in [-0.4, -0.2) is 29.6 Å². The lowest BCUT2D eigenvalue weighted by Gasteiger charge is -2.22. The fourth-order valence-electron chi connectivity index (χ4n) is 1.24. The Labute approximate surface area is 105 Å². The molecule has 0 aliphatic carbocycles. The number of nitrogens with two attached hydrogens (primary N) is 1. The summed E-state index contributed by atoms with van der Waals surface area (Å²) in [5.41, 5.74) is 3.97. The zero-order valence-corrected chi connectivity index (χ0v) is 10.5. The van der Waals surface area contributed by atoms with Crippen LogP contribution < -0.4 is 15.8 Å². The van der Waals surface area contributed by atoms with Crippen molar-refractivity contribution in [3.05, 3.63) is 23.8 Å². The standard InChI is InChI=1S/C12H16N2O4/c1-12(2,11(13)17)14-10(16)8-6-7(18-3)4-5-9(8)15/h4-6,15H,1-3H3,(H2,13,17)(H,14,16). The Morgan fingerprint density at radius 3 is 2.50 bits per heavy atom. The zero-order chi connectivity index (χ0) is 13.9. The molecule has 0 aliphatic rings. The minimum Gasteiger partial charge on any atom is -0.507 e. The number of primary amides is 1. The first kappa shape index (κ1) is 13.8. The summed E-state index contributed by atoms with van der Waals surface area (Å²) in [7, 11) is 1.45. The average molecular weight is 252 g/mol. The van der Waals surface area contributed by atoms with Gasteiger partial charge in [-0.05, 0) is 32.0 Å². The number of benzene rings is 1. The molecule has 2 amide bonds. The van der Waals surface area contributed by atoms with Crippen LogP contribution in [0.25, 0.3) is 0 Å². The van der Waals surface area contributed by atoms with E-state index in [2.05, 4.69) is 5.32 Å². The van der Waals surface area contributed by atoms with Crippen LogP contribution in [0.2, 0.25) is 0 Å². The highest BCUT2D eigenvalue weighted by atomic mass is 16.5. The molecule has 4 N–H and O–H groups in total. The number of amides is 2. The molecule has 0 radical (unpaired) electrons. The quantitative estimate of drug-likeness (QED) is 0.721. The fraction of sp³-hybridized carbons (Fsp3) is 0.333. The molecule has 6 nitrogen and oxygen atoms in total. The summed E-state index contributed by atoms with van der Waals surface area (Å²) < 4.78 is 4.95. The van der Waals surface area contributed by atoms with Gasteiger partial charge in [-0.2, -0.15) is 0 Å². The molecule has 1 rings (SSSR count). The minimum atomic E-state index is -1.20. The number of aromatic hydroxyl groups is 1. The Morgan fingerprint density at radius 2 is 2.00 bits per heavy atom. The van der Waals surface area contributed by atoms with Crippen molar-refractivity contribution in [3.8, 4) is 11.5 Å². The third-order valence-electron chi connectivity index (χ3n) is 2.49. The van der Waals surface area contributed by atoms with Crippen LogP contribution in [0.15, 0.2) is 18.2 Å². The fourth-order valence-corrected chi connectivity index (χ4v) is 1.24. The van der Waals surface area contributed by atoms with E-state index in [-0.39, 0.29) is 11.3 Å². The molecule has 0 unspecified atom stereocenters. The molecule has 0 aromatic heterocycles. The maximum atomic E-state index is 11.9. The number of rotatable bonds is 4. The van der Waals surface area contributed by atoms with Crippen molar-refractivity contribution in [2.45, 2.75) is 19.4 Å². The first-order valence-electron chi connectivity index (χ1n) is 5.27. The lowest BCUT2D eigenvalue weighted by atomic mass is 10.0. The van der Waals surface area contributed by atoms with E-state index in [1.165, 1.54) is 39.2 Å². The minimum absolute atomic E-state index is 0.0173. The van der Waals surface area contributed by atoms with Crippen LogP contribution in [0.5, 0.6) is 11.5 Å². The van der Waals surface area contributed by atoms with E-state index in [1.54, 1.807) is 0 Å². The van der Waals surface area contributed by atoms with E-state index >= 15 is 0 Å². The monoisotopic (exact) mass is 252 g/mol. The molecule has 6 heteroatoms. The van der Waals surface area contributed by atoms with Gasteiger partial charge in [-0.3, -0.25) is 9.59 Å². The largest absolute Gasteiger partial charge is 0.507 e. The molecule has 0 aliphatic heterocycles. The highest BCUT2D eigenvalue weighted by molar-refractivity contribution is 6.00. The Bertz CT molecular complexity index is 483. The Balaban J connectivity index is 3.01. The molecule has 0 heterocycles. The second-order valence-corrected chi connectivity index (χ2v) is 4.33. The predicted molar refractivity (Wildman–Crippen MR) is 65.4 cm³/mol. The van der Waals surface area contributed by atoms with E-state index in [9.17, 15) is 14.7 Å². The van der Waals surface area contributed by atoms with E-state index in [0.29, 0.717) is 5.75 Å². The second-order valence-electron chi connectivity index (χ2n) is 4.33. The summed E-state index contributed by atoms with van der Waals surface area (Å²) in [6.07, 6.45) is 0. The van der Waals surface area contributed by atoms with Gasteiger partial charge in [-0.15, -0.1) is 0 Å². The Hall–Kier alpha value is -2.24. The molecule has 0 spiro atoms. The number of methoxy groups -OCH3 is 1. The lowest BCUT2D eigenvalue weighted by Crippen LogP contribution is -2.53. The van der Waals surface area contributed by atoms with Crippen LogP contribution >= 0.6 is 0 Å². The number of carbonyl (C=O) groups excluding carboxylic acids is 2. The summed E-state index contributed by atoms with van der Waals surface area (Å²) in [5, 5.41) is 12.0. The predicted octanol–water partition coefficient (Wildman–Crippen LogP) is 0.394. The normalized spacial score (nSPS) is 10.8. The third kappa shape index (κ3) is 2.91. The van der Waals surface area contributed by atoms with E-state index < -0.39 is 17.4 Å². The van der Waals surface area contributed by atoms with Crippen LogP contribution in [0.3, 0.4) is 0 Å². The number of phenols is 1. The summed E-state index contributed by atoms with van der Waals surface area (Å²) >= 11 is 0. The van der Waals surface area contributed by atoms with Gasteiger partial charge in [0.25, 0.3) is 5.91 Å². The molecule has 98 valence electrons. The number of hydrogen-bond acceptors (Lipinski definition) is 4. The van der Waals surface area contributed by atoms with Gasteiger partial charge in [0, 0.05) is 0 Å². The Kier molecular flexibility index (Phi) is 3.80. The Morgan fingerprint density at radius 1 is 1.39 bits per heavy atom.